The number of ether oxygens (including phenoxy) is 2. The molecule has 0 spiro atoms. The number of anilines is 1. The molecule has 3 rings (SSSR count). The fourth-order valence-electron chi connectivity index (χ4n) is 3.10. The molecule has 8 heteroatoms. The maximum absolute atomic E-state index is 12.8. The van der Waals surface area contributed by atoms with Crippen LogP contribution in [0.4, 0.5) is 5.69 Å². The molecule has 1 fully saturated rings. The Morgan fingerprint density at radius 2 is 1.86 bits per heavy atom. The van der Waals surface area contributed by atoms with E-state index in [4.69, 9.17) is 9.47 Å². The smallest absolute Gasteiger partial charge is 0.261 e. The fraction of sp³-hybridized carbons (Fsp3) is 0.286. The topological polar surface area (TPSA) is 84.9 Å². The average Bonchev–Trinajstić information content (AvgIpc) is 3.27. The van der Waals surface area contributed by atoms with Crippen LogP contribution in [-0.2, 0) is 10.0 Å². The SMILES string of the molecule is C=CCOc1ccc(NS(=O)(=O)c2ccc(OC)c(C(=O)N3CCCC3)c2)cc1. The summed E-state index contributed by atoms with van der Waals surface area (Å²) in [5.41, 5.74) is 0.629. The standard InChI is InChI=1S/C21H24N2O5S/c1-3-14-28-17-8-6-16(7-9-17)22-29(25,26)18-10-11-20(27-2)19(15-18)21(24)23-12-4-5-13-23/h3,6-11,15,22H,1,4-5,12-14H2,2H3. The third-order valence-corrected chi connectivity index (χ3v) is 5.96. The van der Waals surface area contributed by atoms with Crippen LogP contribution in [0.15, 0.2) is 60.0 Å². The van der Waals surface area contributed by atoms with E-state index in [0.717, 1.165) is 12.8 Å². The van der Waals surface area contributed by atoms with Gasteiger partial charge in [0.1, 0.15) is 18.1 Å². The van der Waals surface area contributed by atoms with Crippen molar-refractivity contribution in [3.63, 3.8) is 0 Å². The summed E-state index contributed by atoms with van der Waals surface area (Å²) in [5.74, 6) is 0.737. The summed E-state index contributed by atoms with van der Waals surface area (Å²) in [4.78, 5) is 14.5. The lowest BCUT2D eigenvalue weighted by molar-refractivity contribution is 0.0789. The number of amides is 1. The number of likely N-dealkylation sites (tertiary alicyclic amines) is 1. The summed E-state index contributed by atoms with van der Waals surface area (Å²) in [6.45, 7) is 5.27. The molecule has 0 aliphatic carbocycles. The molecule has 154 valence electrons. The molecule has 7 nitrogen and oxygen atoms in total. The number of sulfonamides is 1. The molecule has 29 heavy (non-hydrogen) atoms. The molecular weight excluding hydrogens is 392 g/mol. The maximum atomic E-state index is 12.8. The normalized spacial score (nSPS) is 13.8. The van der Waals surface area contributed by atoms with E-state index in [1.165, 1.54) is 25.3 Å². The first-order chi connectivity index (χ1) is 13.9. The van der Waals surface area contributed by atoms with Gasteiger partial charge in [0.05, 0.1) is 17.6 Å². The lowest BCUT2D eigenvalue weighted by Crippen LogP contribution is -2.28. The third kappa shape index (κ3) is 4.89. The summed E-state index contributed by atoms with van der Waals surface area (Å²) in [7, 11) is -2.42. The molecule has 1 aliphatic heterocycles. The Bertz CT molecular complexity index is 981. The summed E-state index contributed by atoms with van der Waals surface area (Å²) in [6, 6.07) is 10.8. The Kier molecular flexibility index (Phi) is 6.43. The molecule has 0 saturated carbocycles. The first kappa shape index (κ1) is 20.7. The van der Waals surface area contributed by atoms with Crippen molar-refractivity contribution >= 4 is 21.6 Å². The van der Waals surface area contributed by atoms with Gasteiger partial charge in [-0.1, -0.05) is 12.7 Å². The van der Waals surface area contributed by atoms with Gasteiger partial charge in [0, 0.05) is 18.8 Å². The van der Waals surface area contributed by atoms with E-state index in [9.17, 15) is 13.2 Å². The second-order valence-corrected chi connectivity index (χ2v) is 8.27. The van der Waals surface area contributed by atoms with Gasteiger partial charge >= 0.3 is 0 Å². The molecule has 1 aliphatic rings. The molecule has 1 N–H and O–H groups in total. The van der Waals surface area contributed by atoms with Crippen molar-refractivity contribution in [2.24, 2.45) is 0 Å². The first-order valence-electron chi connectivity index (χ1n) is 9.28. The van der Waals surface area contributed by atoms with Gasteiger partial charge in [0.2, 0.25) is 0 Å². The molecular formula is C21H24N2O5S. The van der Waals surface area contributed by atoms with Crippen LogP contribution in [0, 0.1) is 0 Å². The molecule has 0 atom stereocenters. The number of carbonyl (C=O) groups is 1. The molecule has 1 heterocycles. The molecule has 0 bridgehead atoms. The van der Waals surface area contributed by atoms with E-state index < -0.39 is 10.0 Å². The molecule has 1 saturated heterocycles. The van der Waals surface area contributed by atoms with Crippen molar-refractivity contribution in [1.29, 1.82) is 0 Å². The molecule has 2 aromatic carbocycles. The number of methoxy groups -OCH3 is 1. The summed E-state index contributed by atoms with van der Waals surface area (Å²) in [5, 5.41) is 0. The van der Waals surface area contributed by atoms with Crippen molar-refractivity contribution in [1.82, 2.24) is 4.90 Å². The maximum Gasteiger partial charge on any atom is 0.261 e. The number of hydrogen-bond donors (Lipinski definition) is 1. The van der Waals surface area contributed by atoms with E-state index in [0.29, 0.717) is 36.9 Å². The van der Waals surface area contributed by atoms with Crippen LogP contribution in [0.25, 0.3) is 0 Å². The monoisotopic (exact) mass is 416 g/mol. The van der Waals surface area contributed by atoms with E-state index in [2.05, 4.69) is 11.3 Å². The van der Waals surface area contributed by atoms with Crippen LogP contribution in [0.3, 0.4) is 0 Å². The second-order valence-electron chi connectivity index (χ2n) is 6.59. The largest absolute Gasteiger partial charge is 0.496 e. The number of benzene rings is 2. The zero-order chi connectivity index (χ0) is 20.9. The lowest BCUT2D eigenvalue weighted by Gasteiger charge is -2.18. The third-order valence-electron chi connectivity index (χ3n) is 4.58. The predicted octanol–water partition coefficient (Wildman–Crippen LogP) is 3.30. The van der Waals surface area contributed by atoms with Crippen LogP contribution in [0.1, 0.15) is 23.2 Å². The van der Waals surface area contributed by atoms with Gasteiger partial charge in [-0.3, -0.25) is 9.52 Å². The molecule has 1 amide bonds. The summed E-state index contributed by atoms with van der Waals surface area (Å²) in [6.07, 6.45) is 3.52. The minimum atomic E-state index is -3.88. The van der Waals surface area contributed by atoms with Gasteiger partial charge in [-0.15, -0.1) is 0 Å². The number of carbonyl (C=O) groups excluding carboxylic acids is 1. The molecule has 0 unspecified atom stereocenters. The van der Waals surface area contributed by atoms with Crippen LogP contribution in [-0.4, -0.2) is 46.0 Å². The Labute approximate surface area is 171 Å². The minimum absolute atomic E-state index is 0.00664. The number of nitrogens with zero attached hydrogens (tertiary/aromatic N) is 1. The zero-order valence-electron chi connectivity index (χ0n) is 16.3. The van der Waals surface area contributed by atoms with Crippen molar-refractivity contribution in [2.45, 2.75) is 17.7 Å². The van der Waals surface area contributed by atoms with Crippen molar-refractivity contribution in [3.8, 4) is 11.5 Å². The number of nitrogens with one attached hydrogen (secondary N) is 1. The number of rotatable bonds is 8. The van der Waals surface area contributed by atoms with Crippen molar-refractivity contribution in [2.75, 3.05) is 31.5 Å². The highest BCUT2D eigenvalue weighted by Crippen LogP contribution is 2.27. The lowest BCUT2D eigenvalue weighted by atomic mass is 10.1. The van der Waals surface area contributed by atoms with Gasteiger partial charge in [-0.25, -0.2) is 8.42 Å². The first-order valence-corrected chi connectivity index (χ1v) is 10.8. The van der Waals surface area contributed by atoms with Gasteiger partial charge in [-0.2, -0.15) is 0 Å². The Morgan fingerprint density at radius 1 is 1.17 bits per heavy atom. The number of hydrogen-bond acceptors (Lipinski definition) is 5. The molecule has 0 aromatic heterocycles. The second kappa shape index (κ2) is 9.00. The van der Waals surface area contributed by atoms with Gasteiger partial charge in [0.15, 0.2) is 0 Å². The van der Waals surface area contributed by atoms with Crippen LogP contribution in [0.2, 0.25) is 0 Å². The summed E-state index contributed by atoms with van der Waals surface area (Å²) < 4.78 is 38.9. The minimum Gasteiger partial charge on any atom is -0.496 e. The van der Waals surface area contributed by atoms with E-state index >= 15 is 0 Å². The van der Waals surface area contributed by atoms with Gasteiger partial charge < -0.3 is 14.4 Å². The fourth-order valence-corrected chi connectivity index (χ4v) is 4.18. The van der Waals surface area contributed by atoms with Crippen LogP contribution >= 0.6 is 0 Å². The van der Waals surface area contributed by atoms with Crippen LogP contribution in [0.5, 0.6) is 11.5 Å². The highest BCUT2D eigenvalue weighted by atomic mass is 32.2. The predicted molar refractivity (Wildman–Crippen MR) is 111 cm³/mol. The highest BCUT2D eigenvalue weighted by molar-refractivity contribution is 7.92. The van der Waals surface area contributed by atoms with E-state index in [-0.39, 0.29) is 16.4 Å². The van der Waals surface area contributed by atoms with Crippen molar-refractivity contribution in [3.05, 3.63) is 60.7 Å². The summed E-state index contributed by atoms with van der Waals surface area (Å²) >= 11 is 0. The average molecular weight is 416 g/mol. The Balaban J connectivity index is 1.83. The molecule has 2 aromatic rings. The quantitative estimate of drug-likeness (QED) is 0.668. The van der Waals surface area contributed by atoms with Gasteiger partial charge in [0.25, 0.3) is 15.9 Å². The van der Waals surface area contributed by atoms with Crippen LogP contribution < -0.4 is 14.2 Å². The van der Waals surface area contributed by atoms with E-state index in [1.807, 2.05) is 0 Å². The van der Waals surface area contributed by atoms with Crippen molar-refractivity contribution < 1.29 is 22.7 Å². The Morgan fingerprint density at radius 3 is 2.48 bits per heavy atom. The van der Waals surface area contributed by atoms with Gasteiger partial charge in [-0.05, 0) is 55.3 Å². The van der Waals surface area contributed by atoms with E-state index in [1.54, 1.807) is 35.2 Å². The highest BCUT2D eigenvalue weighted by Gasteiger charge is 2.25. The Hall–Kier alpha value is -3.00. The molecule has 0 radical (unpaired) electrons. The zero-order valence-corrected chi connectivity index (χ0v) is 17.1.